The molecule has 3 rings (SSSR count). The molecule has 0 aliphatic carbocycles. The third-order valence-electron chi connectivity index (χ3n) is 4.64. The van der Waals surface area contributed by atoms with Gasteiger partial charge >= 0.3 is 6.36 Å². The fourth-order valence-corrected chi connectivity index (χ4v) is 3.26. The maximum Gasteiger partial charge on any atom is 0.573 e. The van der Waals surface area contributed by atoms with Crippen LogP contribution in [0.5, 0.6) is 5.75 Å². The number of anilines is 1. The third kappa shape index (κ3) is 4.91. The molecule has 1 aliphatic rings. The number of rotatable bonds is 4. The van der Waals surface area contributed by atoms with Crippen molar-refractivity contribution in [3.05, 3.63) is 59.2 Å². The Bertz CT molecular complexity index is 736. The van der Waals surface area contributed by atoms with Crippen LogP contribution in [0.4, 0.5) is 18.9 Å². The number of halogens is 3. The first-order valence-electron chi connectivity index (χ1n) is 8.69. The van der Waals surface area contributed by atoms with Crippen LogP contribution < -0.4 is 9.64 Å². The average molecular weight is 364 g/mol. The number of aryl methyl sites for hydroxylation is 2. The van der Waals surface area contributed by atoms with E-state index in [1.54, 1.807) is 12.1 Å². The molecule has 3 nitrogen and oxygen atoms in total. The second kappa shape index (κ2) is 7.58. The summed E-state index contributed by atoms with van der Waals surface area (Å²) in [5, 5.41) is 0. The highest BCUT2D eigenvalue weighted by Gasteiger charge is 2.31. The Labute approximate surface area is 152 Å². The molecular weight excluding hydrogens is 341 g/mol. The zero-order valence-electron chi connectivity index (χ0n) is 15.0. The number of benzene rings is 2. The van der Waals surface area contributed by atoms with Crippen LogP contribution in [0.25, 0.3) is 0 Å². The average Bonchev–Trinajstić information content (AvgIpc) is 2.58. The summed E-state index contributed by atoms with van der Waals surface area (Å²) in [6.45, 7) is 8.70. The summed E-state index contributed by atoms with van der Waals surface area (Å²) >= 11 is 0. The Morgan fingerprint density at radius 3 is 2.19 bits per heavy atom. The number of alkyl halides is 3. The standard InChI is InChI=1S/C20H23F3N2O/c1-15-3-4-16(2)19(13-15)25-11-9-24(10-12-25)14-17-5-7-18(8-6-17)26-20(21,22)23/h3-8,13H,9-12,14H2,1-2H3. The molecule has 0 N–H and O–H groups in total. The smallest absolute Gasteiger partial charge is 0.406 e. The van der Waals surface area contributed by atoms with Crippen molar-refractivity contribution in [1.82, 2.24) is 4.90 Å². The van der Waals surface area contributed by atoms with E-state index in [9.17, 15) is 13.2 Å². The lowest BCUT2D eigenvalue weighted by atomic mass is 10.1. The second-order valence-corrected chi connectivity index (χ2v) is 6.74. The van der Waals surface area contributed by atoms with Crippen molar-refractivity contribution in [2.75, 3.05) is 31.1 Å². The van der Waals surface area contributed by atoms with Gasteiger partial charge in [-0.25, -0.2) is 0 Å². The molecule has 2 aromatic rings. The molecule has 0 amide bonds. The SMILES string of the molecule is Cc1ccc(C)c(N2CCN(Cc3ccc(OC(F)(F)F)cc3)CC2)c1. The van der Waals surface area contributed by atoms with Crippen molar-refractivity contribution in [2.45, 2.75) is 26.8 Å². The first-order chi connectivity index (χ1) is 12.3. The number of hydrogen-bond acceptors (Lipinski definition) is 3. The molecule has 1 aliphatic heterocycles. The fourth-order valence-electron chi connectivity index (χ4n) is 3.26. The summed E-state index contributed by atoms with van der Waals surface area (Å²) in [6.07, 6.45) is -4.65. The molecule has 0 bridgehead atoms. The van der Waals surface area contributed by atoms with Crippen LogP contribution in [-0.2, 0) is 6.54 Å². The Morgan fingerprint density at radius 2 is 1.58 bits per heavy atom. The zero-order valence-corrected chi connectivity index (χ0v) is 15.0. The molecule has 0 saturated carbocycles. The van der Waals surface area contributed by atoms with Gasteiger partial charge in [0.2, 0.25) is 0 Å². The number of nitrogens with zero attached hydrogens (tertiary/aromatic N) is 2. The van der Waals surface area contributed by atoms with Crippen molar-refractivity contribution in [3.8, 4) is 5.75 Å². The second-order valence-electron chi connectivity index (χ2n) is 6.74. The van der Waals surface area contributed by atoms with Crippen molar-refractivity contribution >= 4 is 5.69 Å². The molecule has 0 spiro atoms. The summed E-state index contributed by atoms with van der Waals surface area (Å²) in [6, 6.07) is 12.6. The largest absolute Gasteiger partial charge is 0.573 e. The van der Waals surface area contributed by atoms with Crippen molar-refractivity contribution in [2.24, 2.45) is 0 Å². The van der Waals surface area contributed by atoms with Gasteiger partial charge in [-0.3, -0.25) is 4.90 Å². The van der Waals surface area contributed by atoms with E-state index in [0.717, 1.165) is 38.3 Å². The molecule has 2 aromatic carbocycles. The molecule has 26 heavy (non-hydrogen) atoms. The summed E-state index contributed by atoms with van der Waals surface area (Å²) in [7, 11) is 0. The lowest BCUT2D eigenvalue weighted by Crippen LogP contribution is -2.46. The van der Waals surface area contributed by atoms with Crippen molar-refractivity contribution in [1.29, 1.82) is 0 Å². The third-order valence-corrected chi connectivity index (χ3v) is 4.64. The van der Waals surface area contributed by atoms with Gasteiger partial charge in [-0.15, -0.1) is 13.2 Å². The van der Waals surface area contributed by atoms with Crippen LogP contribution in [0.2, 0.25) is 0 Å². The molecule has 0 aromatic heterocycles. The number of hydrogen-bond donors (Lipinski definition) is 0. The van der Waals surface area contributed by atoms with E-state index in [0.29, 0.717) is 0 Å². The lowest BCUT2D eigenvalue weighted by Gasteiger charge is -2.37. The Balaban J connectivity index is 1.55. The van der Waals surface area contributed by atoms with Crippen LogP contribution in [-0.4, -0.2) is 37.4 Å². The molecule has 6 heteroatoms. The van der Waals surface area contributed by atoms with Gasteiger partial charge in [0.1, 0.15) is 5.75 Å². The minimum atomic E-state index is -4.65. The Morgan fingerprint density at radius 1 is 0.923 bits per heavy atom. The molecule has 0 unspecified atom stereocenters. The van der Waals surface area contributed by atoms with E-state index in [1.165, 1.54) is 28.9 Å². The van der Waals surface area contributed by atoms with E-state index < -0.39 is 6.36 Å². The van der Waals surface area contributed by atoms with Gasteiger partial charge in [0.25, 0.3) is 0 Å². The van der Waals surface area contributed by atoms with Gasteiger partial charge in [0.05, 0.1) is 0 Å². The minimum Gasteiger partial charge on any atom is -0.406 e. The predicted octanol–water partition coefficient (Wildman–Crippen LogP) is 4.52. The maximum atomic E-state index is 12.2. The van der Waals surface area contributed by atoms with Crippen molar-refractivity contribution in [3.63, 3.8) is 0 Å². The van der Waals surface area contributed by atoms with Crippen LogP contribution in [0.1, 0.15) is 16.7 Å². The monoisotopic (exact) mass is 364 g/mol. The van der Waals surface area contributed by atoms with Gasteiger partial charge in [-0.2, -0.15) is 0 Å². The fraction of sp³-hybridized carbons (Fsp3) is 0.400. The van der Waals surface area contributed by atoms with Gasteiger partial charge in [-0.1, -0.05) is 24.3 Å². The Hall–Kier alpha value is -2.21. The lowest BCUT2D eigenvalue weighted by molar-refractivity contribution is -0.274. The highest BCUT2D eigenvalue weighted by molar-refractivity contribution is 5.55. The maximum absolute atomic E-state index is 12.2. The van der Waals surface area contributed by atoms with Gasteiger partial charge < -0.3 is 9.64 Å². The molecule has 0 radical (unpaired) electrons. The van der Waals surface area contributed by atoms with E-state index in [4.69, 9.17) is 0 Å². The van der Waals surface area contributed by atoms with Crippen LogP contribution in [0.15, 0.2) is 42.5 Å². The quantitative estimate of drug-likeness (QED) is 0.793. The van der Waals surface area contributed by atoms with E-state index in [-0.39, 0.29) is 5.75 Å². The molecule has 1 heterocycles. The summed E-state index contributed by atoms with van der Waals surface area (Å²) in [5.74, 6) is -0.180. The topological polar surface area (TPSA) is 15.7 Å². The van der Waals surface area contributed by atoms with Gasteiger partial charge in [0, 0.05) is 38.4 Å². The normalized spacial score (nSPS) is 16.0. The van der Waals surface area contributed by atoms with Crippen LogP contribution >= 0.6 is 0 Å². The minimum absolute atomic E-state index is 0.180. The van der Waals surface area contributed by atoms with E-state index in [1.807, 2.05) is 0 Å². The molecular formula is C20H23F3N2O. The molecule has 1 saturated heterocycles. The highest BCUT2D eigenvalue weighted by Crippen LogP contribution is 2.25. The van der Waals surface area contributed by atoms with Crippen molar-refractivity contribution < 1.29 is 17.9 Å². The predicted molar refractivity (Wildman–Crippen MR) is 96.5 cm³/mol. The summed E-state index contributed by atoms with van der Waals surface area (Å²) in [4.78, 5) is 4.72. The Kier molecular flexibility index (Phi) is 5.41. The first kappa shape index (κ1) is 18.6. The van der Waals surface area contributed by atoms with E-state index >= 15 is 0 Å². The van der Waals surface area contributed by atoms with Crippen LogP contribution in [0.3, 0.4) is 0 Å². The zero-order chi connectivity index (χ0) is 18.7. The number of ether oxygens (including phenoxy) is 1. The highest BCUT2D eigenvalue weighted by atomic mass is 19.4. The van der Waals surface area contributed by atoms with E-state index in [2.05, 4.69) is 46.6 Å². The summed E-state index contributed by atoms with van der Waals surface area (Å²) < 4.78 is 40.5. The molecule has 140 valence electrons. The number of piperazine rings is 1. The van der Waals surface area contributed by atoms with Gasteiger partial charge in [0.15, 0.2) is 0 Å². The molecule has 0 atom stereocenters. The van der Waals surface area contributed by atoms with Gasteiger partial charge in [-0.05, 0) is 48.7 Å². The first-order valence-corrected chi connectivity index (χ1v) is 8.69. The van der Waals surface area contributed by atoms with Crippen LogP contribution in [0, 0.1) is 13.8 Å². The summed E-state index contributed by atoms with van der Waals surface area (Å²) in [5.41, 5.74) is 4.82. The molecule has 1 fully saturated rings.